The number of fused-ring (bicyclic) bond motifs is 2. The Morgan fingerprint density at radius 3 is 2.55 bits per heavy atom. The second-order valence-corrected chi connectivity index (χ2v) is 11.6. The average molecular weight is 619 g/mol. The van der Waals surface area contributed by atoms with Gasteiger partial charge in [0.25, 0.3) is 5.91 Å². The van der Waals surface area contributed by atoms with E-state index in [1.54, 1.807) is 30.2 Å². The van der Waals surface area contributed by atoms with E-state index in [4.69, 9.17) is 11.6 Å². The number of likely N-dealkylation sites (N-methyl/N-ethyl adjacent to an activating group) is 1. The Kier molecular flexibility index (Phi) is 7.23. The summed E-state index contributed by atoms with van der Waals surface area (Å²) in [6.45, 7) is 9.45. The molecule has 2 aliphatic rings. The number of carbonyl (C=O) groups excluding carboxylic acids is 2. The van der Waals surface area contributed by atoms with Gasteiger partial charge in [-0.2, -0.15) is 4.98 Å². The highest BCUT2D eigenvalue weighted by molar-refractivity contribution is 6.39. The predicted molar refractivity (Wildman–Crippen MR) is 166 cm³/mol. The van der Waals surface area contributed by atoms with Crippen LogP contribution in [0.3, 0.4) is 0 Å². The molecule has 0 saturated carbocycles. The lowest BCUT2D eigenvalue weighted by molar-refractivity contribution is -0.128. The molecule has 44 heavy (non-hydrogen) atoms. The highest BCUT2D eigenvalue weighted by Gasteiger charge is 2.43. The van der Waals surface area contributed by atoms with Gasteiger partial charge in [0.2, 0.25) is 5.91 Å². The molecule has 0 spiro atoms. The molecule has 12 heteroatoms. The first-order chi connectivity index (χ1) is 21.0. The van der Waals surface area contributed by atoms with Crippen LogP contribution in [0.1, 0.15) is 31.0 Å². The number of hydrogen-bond donors (Lipinski definition) is 0. The summed E-state index contributed by atoms with van der Waals surface area (Å²) in [6.07, 6.45) is 2.78. The van der Waals surface area contributed by atoms with Crippen molar-refractivity contribution < 1.29 is 18.4 Å². The highest BCUT2D eigenvalue weighted by atomic mass is 35.5. The molecule has 2 aromatic carbocycles. The smallest absolute Gasteiger partial charge is 0.340 e. The zero-order valence-corrected chi connectivity index (χ0v) is 25.3. The van der Waals surface area contributed by atoms with Crippen LogP contribution in [0.25, 0.3) is 27.7 Å². The van der Waals surface area contributed by atoms with Gasteiger partial charge in [0.1, 0.15) is 23.2 Å². The Morgan fingerprint density at radius 1 is 1.14 bits per heavy atom. The number of piperazine rings is 1. The number of halogens is 3. The van der Waals surface area contributed by atoms with E-state index >= 15 is 8.78 Å². The first-order valence-electron chi connectivity index (χ1n) is 14.1. The molecule has 1 unspecified atom stereocenters. The molecule has 0 N–H and O–H groups in total. The van der Waals surface area contributed by atoms with Crippen molar-refractivity contribution in [1.29, 1.82) is 0 Å². The molecule has 4 heterocycles. The largest absolute Gasteiger partial charge is 0.354 e. The topological polar surface area (TPSA) is 91.6 Å². The van der Waals surface area contributed by atoms with E-state index in [0.717, 1.165) is 4.57 Å². The maximum absolute atomic E-state index is 17.3. The van der Waals surface area contributed by atoms with Crippen LogP contribution in [-0.4, -0.2) is 64.0 Å². The zero-order chi connectivity index (χ0) is 31.6. The summed E-state index contributed by atoms with van der Waals surface area (Å²) in [4.78, 5) is 54.1. The van der Waals surface area contributed by atoms with Crippen molar-refractivity contribution >= 4 is 45.8 Å². The SMILES string of the molecule is C=CC(=O)N1CCN2c3nc(=O)n(-c4c(C)ccnc4C(C)C)c4c(F)c(-c5ccccc5F)c(Cl)c(c34)N(C)C(=O)C2C1. The molecule has 4 aromatic rings. The highest BCUT2D eigenvalue weighted by Crippen LogP contribution is 2.49. The zero-order valence-electron chi connectivity index (χ0n) is 24.6. The molecular weight excluding hydrogens is 590 g/mol. The number of nitrogens with zero attached hydrogens (tertiary/aromatic N) is 6. The van der Waals surface area contributed by atoms with Crippen LogP contribution in [0.15, 0.2) is 54.0 Å². The van der Waals surface area contributed by atoms with Gasteiger partial charge in [-0.1, -0.05) is 50.2 Å². The normalized spacial score (nSPS) is 16.4. The van der Waals surface area contributed by atoms with E-state index in [-0.39, 0.29) is 70.0 Å². The number of carbonyl (C=O) groups is 2. The fraction of sp³-hybridized carbons (Fsp3) is 0.281. The number of pyridine rings is 1. The Hall–Kier alpha value is -4.64. The average Bonchev–Trinajstić information content (AvgIpc) is 3.09. The second kappa shape index (κ2) is 10.8. The summed E-state index contributed by atoms with van der Waals surface area (Å²) in [5, 5.41) is -0.0953. The summed E-state index contributed by atoms with van der Waals surface area (Å²) in [7, 11) is 1.48. The van der Waals surface area contributed by atoms with Crippen LogP contribution < -0.4 is 15.5 Å². The Bertz CT molecular complexity index is 1960. The van der Waals surface area contributed by atoms with Gasteiger partial charge in [-0.15, -0.1) is 0 Å². The van der Waals surface area contributed by atoms with Gasteiger partial charge in [0.05, 0.1) is 34.0 Å². The third-order valence-electron chi connectivity index (χ3n) is 8.33. The summed E-state index contributed by atoms with van der Waals surface area (Å²) < 4.78 is 33.7. The second-order valence-electron chi connectivity index (χ2n) is 11.2. The van der Waals surface area contributed by atoms with Crippen LogP contribution in [0.2, 0.25) is 5.02 Å². The van der Waals surface area contributed by atoms with Crippen LogP contribution in [0.4, 0.5) is 20.3 Å². The molecule has 1 atom stereocenters. The fourth-order valence-corrected chi connectivity index (χ4v) is 6.61. The molecule has 0 aliphatic carbocycles. The fourth-order valence-electron chi connectivity index (χ4n) is 6.21. The quantitative estimate of drug-likeness (QED) is 0.299. The van der Waals surface area contributed by atoms with Gasteiger partial charge in [-0.05, 0) is 36.6 Å². The molecule has 0 bridgehead atoms. The lowest BCUT2D eigenvalue weighted by Crippen LogP contribution is -2.60. The maximum Gasteiger partial charge on any atom is 0.354 e. The van der Waals surface area contributed by atoms with E-state index in [0.29, 0.717) is 16.9 Å². The number of hydrogen-bond acceptors (Lipinski definition) is 6. The van der Waals surface area contributed by atoms with Crippen molar-refractivity contribution in [2.24, 2.45) is 0 Å². The van der Waals surface area contributed by atoms with E-state index in [2.05, 4.69) is 16.5 Å². The maximum atomic E-state index is 17.3. The van der Waals surface area contributed by atoms with Gasteiger partial charge >= 0.3 is 5.69 Å². The van der Waals surface area contributed by atoms with Crippen molar-refractivity contribution in [3.8, 4) is 16.8 Å². The minimum atomic E-state index is -0.960. The van der Waals surface area contributed by atoms with Gasteiger partial charge < -0.3 is 14.7 Å². The minimum absolute atomic E-state index is 0.0201. The first-order valence-corrected chi connectivity index (χ1v) is 14.5. The minimum Gasteiger partial charge on any atom is -0.340 e. The molecule has 1 fully saturated rings. The standard InChI is InChI=1S/C32H29ClF2N6O3/c1-6-21(42)39-13-14-40-20(15-39)31(43)38(5)28-23-29(25(35)22(24(28)33)18-9-7-8-10-19(18)34)41(32(44)37-30(23)40)27-17(4)11-12-36-26(27)16(2)3/h6-12,16,20H,1,13-15H2,2-5H3. The van der Waals surface area contributed by atoms with E-state index in [9.17, 15) is 14.4 Å². The number of aryl methyl sites for hydroxylation is 1. The van der Waals surface area contributed by atoms with Crippen molar-refractivity contribution in [3.05, 3.63) is 87.6 Å². The van der Waals surface area contributed by atoms with Crippen molar-refractivity contribution in [1.82, 2.24) is 19.4 Å². The molecule has 1 saturated heterocycles. The number of anilines is 2. The van der Waals surface area contributed by atoms with E-state index < -0.39 is 29.3 Å². The molecule has 6 rings (SSSR count). The number of aromatic nitrogens is 3. The Morgan fingerprint density at radius 2 is 1.86 bits per heavy atom. The molecule has 2 aromatic heterocycles. The molecule has 0 radical (unpaired) electrons. The summed E-state index contributed by atoms with van der Waals surface area (Å²) >= 11 is 6.96. The number of amides is 2. The van der Waals surface area contributed by atoms with Crippen LogP contribution >= 0.6 is 11.6 Å². The van der Waals surface area contributed by atoms with Gasteiger partial charge in [-0.25, -0.2) is 13.6 Å². The number of benzene rings is 2. The van der Waals surface area contributed by atoms with Crippen molar-refractivity contribution in [3.63, 3.8) is 0 Å². The molecule has 2 aliphatic heterocycles. The summed E-state index contributed by atoms with van der Waals surface area (Å²) in [5.74, 6) is -2.60. The lowest BCUT2D eigenvalue weighted by atomic mass is 9.98. The number of rotatable bonds is 4. The summed E-state index contributed by atoms with van der Waals surface area (Å²) in [6, 6.07) is 6.33. The molecule has 2 amide bonds. The van der Waals surface area contributed by atoms with E-state index in [1.165, 1.54) is 41.1 Å². The molecule has 9 nitrogen and oxygen atoms in total. The van der Waals surface area contributed by atoms with E-state index in [1.807, 2.05) is 13.8 Å². The first kappa shape index (κ1) is 29.4. The van der Waals surface area contributed by atoms with Crippen molar-refractivity contribution in [2.75, 3.05) is 36.5 Å². The van der Waals surface area contributed by atoms with Crippen LogP contribution in [0, 0.1) is 18.6 Å². The van der Waals surface area contributed by atoms with Gasteiger partial charge in [0, 0.05) is 37.5 Å². The summed E-state index contributed by atoms with van der Waals surface area (Å²) in [5.41, 5.74) is 0.133. The third-order valence-corrected chi connectivity index (χ3v) is 8.69. The van der Waals surface area contributed by atoms with Crippen molar-refractivity contribution in [2.45, 2.75) is 32.7 Å². The third kappa shape index (κ3) is 4.29. The van der Waals surface area contributed by atoms with Gasteiger partial charge in [0.15, 0.2) is 5.82 Å². The van der Waals surface area contributed by atoms with Crippen LogP contribution in [0.5, 0.6) is 0 Å². The Labute approximate surface area is 257 Å². The lowest BCUT2D eigenvalue weighted by Gasteiger charge is -2.40. The van der Waals surface area contributed by atoms with Crippen LogP contribution in [-0.2, 0) is 9.59 Å². The molecular formula is C32H29ClF2N6O3. The molecule has 226 valence electrons. The monoisotopic (exact) mass is 618 g/mol. The van der Waals surface area contributed by atoms with Gasteiger partial charge in [-0.3, -0.25) is 19.1 Å². The predicted octanol–water partition coefficient (Wildman–Crippen LogP) is 4.99. The Balaban J connectivity index is 1.80.